The van der Waals surface area contributed by atoms with Crippen LogP contribution in [0.1, 0.15) is 51.0 Å². The maximum absolute atomic E-state index is 13.6. The third kappa shape index (κ3) is 3.77. The third-order valence-corrected chi connectivity index (χ3v) is 6.93. The van der Waals surface area contributed by atoms with Crippen molar-refractivity contribution in [3.63, 3.8) is 0 Å². The van der Waals surface area contributed by atoms with Gasteiger partial charge in [-0.3, -0.25) is 14.4 Å². The number of piperidine rings is 1. The van der Waals surface area contributed by atoms with Crippen LogP contribution in [0, 0.1) is 17.8 Å². The number of amides is 2. The number of nitrogens with zero attached hydrogens (tertiary/aromatic N) is 2. The summed E-state index contributed by atoms with van der Waals surface area (Å²) in [4.78, 5) is 42.0. The molecule has 1 saturated carbocycles. The Morgan fingerprint density at radius 3 is 2.38 bits per heavy atom. The molecule has 0 bridgehead atoms. The fourth-order valence-corrected chi connectivity index (χ4v) is 5.42. The molecule has 1 aromatic rings. The molecule has 1 saturated heterocycles. The summed E-state index contributed by atoms with van der Waals surface area (Å²) in [5, 5.41) is 9.36. The number of fused-ring (bicyclic) bond motifs is 1. The predicted octanol–water partition coefficient (Wildman–Crippen LogP) is 3.09. The highest BCUT2D eigenvalue weighted by atomic mass is 16.4. The Morgan fingerprint density at radius 2 is 1.66 bits per heavy atom. The van der Waals surface area contributed by atoms with E-state index in [1.54, 1.807) is 4.90 Å². The van der Waals surface area contributed by atoms with Crippen LogP contribution in [-0.4, -0.2) is 46.9 Å². The number of carboxylic acids is 1. The Balaban J connectivity index is 1.54. The second-order valence-corrected chi connectivity index (χ2v) is 8.85. The molecule has 2 aliphatic heterocycles. The number of anilines is 1. The van der Waals surface area contributed by atoms with E-state index in [-0.39, 0.29) is 36.2 Å². The first-order valence-electron chi connectivity index (χ1n) is 10.9. The lowest BCUT2D eigenvalue weighted by Gasteiger charge is -2.39. The Hall–Kier alpha value is -2.37. The summed E-state index contributed by atoms with van der Waals surface area (Å²) in [5.41, 5.74) is 2.16. The van der Waals surface area contributed by atoms with E-state index < -0.39 is 11.9 Å². The van der Waals surface area contributed by atoms with Crippen molar-refractivity contribution < 1.29 is 19.5 Å². The van der Waals surface area contributed by atoms with Gasteiger partial charge in [0.25, 0.3) is 0 Å². The van der Waals surface area contributed by atoms with Crippen LogP contribution in [0.5, 0.6) is 0 Å². The predicted molar refractivity (Wildman–Crippen MR) is 109 cm³/mol. The zero-order valence-corrected chi connectivity index (χ0v) is 17.0. The van der Waals surface area contributed by atoms with E-state index in [0.717, 1.165) is 31.4 Å². The molecule has 3 unspecified atom stereocenters. The molecule has 6 nitrogen and oxygen atoms in total. The topological polar surface area (TPSA) is 77.9 Å². The molecule has 0 spiro atoms. The molecule has 3 aliphatic rings. The molecule has 1 aliphatic carbocycles. The first kappa shape index (κ1) is 19.9. The number of para-hydroxylation sites is 1. The van der Waals surface area contributed by atoms with E-state index >= 15 is 0 Å². The van der Waals surface area contributed by atoms with E-state index in [9.17, 15) is 19.5 Å². The van der Waals surface area contributed by atoms with Crippen molar-refractivity contribution in [2.24, 2.45) is 17.8 Å². The summed E-state index contributed by atoms with van der Waals surface area (Å²) in [6, 6.07) is 8.13. The molecule has 0 radical (unpaired) electrons. The second-order valence-electron chi connectivity index (χ2n) is 8.85. The van der Waals surface area contributed by atoms with E-state index in [4.69, 9.17) is 0 Å². The average molecular weight is 399 g/mol. The molecule has 2 amide bonds. The molecule has 4 atom stereocenters. The highest BCUT2D eigenvalue weighted by Crippen LogP contribution is 2.39. The summed E-state index contributed by atoms with van der Waals surface area (Å²) in [6.45, 7) is 2.94. The number of carboxylic acid groups (broad SMARTS) is 1. The molecular formula is C23H30N2O4. The third-order valence-electron chi connectivity index (χ3n) is 6.93. The lowest BCUT2D eigenvalue weighted by atomic mass is 9.77. The largest absolute Gasteiger partial charge is 0.481 e. The van der Waals surface area contributed by atoms with Gasteiger partial charge >= 0.3 is 5.97 Å². The maximum Gasteiger partial charge on any atom is 0.308 e. The fraction of sp³-hybridized carbons (Fsp3) is 0.609. The van der Waals surface area contributed by atoms with Crippen LogP contribution < -0.4 is 4.90 Å². The lowest BCUT2D eigenvalue weighted by Crippen LogP contribution is -2.50. The van der Waals surface area contributed by atoms with E-state index in [1.165, 1.54) is 5.56 Å². The number of likely N-dealkylation sites (tertiary alicyclic amines) is 1. The molecule has 2 fully saturated rings. The van der Waals surface area contributed by atoms with Crippen LogP contribution in [0.15, 0.2) is 24.3 Å². The first-order valence-corrected chi connectivity index (χ1v) is 10.9. The summed E-state index contributed by atoms with van der Waals surface area (Å²) < 4.78 is 0. The van der Waals surface area contributed by atoms with Gasteiger partial charge in [0.05, 0.1) is 11.8 Å². The average Bonchev–Trinajstić information content (AvgIpc) is 3.08. The van der Waals surface area contributed by atoms with Gasteiger partial charge in [0.2, 0.25) is 11.8 Å². The lowest BCUT2D eigenvalue weighted by molar-refractivity contribution is -0.149. The first-order chi connectivity index (χ1) is 14.0. The van der Waals surface area contributed by atoms with E-state index in [2.05, 4.69) is 13.0 Å². The summed E-state index contributed by atoms with van der Waals surface area (Å²) in [7, 11) is 0. The number of carbonyl (C=O) groups excluding carboxylic acids is 2. The second kappa shape index (κ2) is 8.17. The normalized spacial score (nSPS) is 29.4. The highest BCUT2D eigenvalue weighted by Gasteiger charge is 2.43. The Morgan fingerprint density at radius 1 is 0.966 bits per heavy atom. The monoisotopic (exact) mass is 398 g/mol. The van der Waals surface area contributed by atoms with Crippen molar-refractivity contribution in [3.8, 4) is 0 Å². The smallest absolute Gasteiger partial charge is 0.308 e. The van der Waals surface area contributed by atoms with Gasteiger partial charge in [0.1, 0.15) is 0 Å². The number of hydrogen-bond donors (Lipinski definition) is 1. The Bertz CT molecular complexity index is 808. The SMILES string of the molecule is CC1Cc2ccccc2N1C(=O)C1CCCCC1C(=O)N1CCC[C@H](C(=O)O)C1. The van der Waals surface area contributed by atoms with Gasteiger partial charge in [0, 0.05) is 30.7 Å². The molecule has 4 rings (SSSR count). The van der Waals surface area contributed by atoms with Crippen molar-refractivity contribution in [3.05, 3.63) is 29.8 Å². The van der Waals surface area contributed by atoms with Crippen LogP contribution in [0.3, 0.4) is 0 Å². The van der Waals surface area contributed by atoms with Crippen molar-refractivity contribution >= 4 is 23.5 Å². The van der Waals surface area contributed by atoms with Crippen LogP contribution in [-0.2, 0) is 20.8 Å². The van der Waals surface area contributed by atoms with Crippen molar-refractivity contribution in [1.29, 1.82) is 0 Å². The van der Waals surface area contributed by atoms with Crippen LogP contribution >= 0.6 is 0 Å². The minimum atomic E-state index is -0.832. The molecule has 156 valence electrons. The van der Waals surface area contributed by atoms with Crippen molar-refractivity contribution in [2.45, 2.75) is 57.9 Å². The molecule has 2 heterocycles. The number of hydrogen-bond acceptors (Lipinski definition) is 3. The Kier molecular flexibility index (Phi) is 5.61. The van der Waals surface area contributed by atoms with Crippen LogP contribution in [0.4, 0.5) is 5.69 Å². The van der Waals surface area contributed by atoms with Gasteiger partial charge in [-0.05, 0) is 50.7 Å². The minimum Gasteiger partial charge on any atom is -0.481 e. The zero-order valence-electron chi connectivity index (χ0n) is 17.0. The van der Waals surface area contributed by atoms with Gasteiger partial charge in [0.15, 0.2) is 0 Å². The zero-order chi connectivity index (χ0) is 20.5. The van der Waals surface area contributed by atoms with Crippen LogP contribution in [0.2, 0.25) is 0 Å². The number of aliphatic carboxylic acids is 1. The van der Waals surface area contributed by atoms with Gasteiger partial charge in [-0.1, -0.05) is 31.0 Å². The summed E-state index contributed by atoms with van der Waals surface area (Å²) in [5.74, 6) is -1.92. The number of benzene rings is 1. The van der Waals surface area contributed by atoms with Gasteiger partial charge in [-0.2, -0.15) is 0 Å². The molecular weight excluding hydrogens is 368 g/mol. The fourth-order valence-electron chi connectivity index (χ4n) is 5.42. The standard InChI is InChI=1S/C23H30N2O4/c1-15-13-16-7-2-5-11-20(16)25(15)22(27)19-10-4-3-9-18(19)21(26)24-12-6-8-17(14-24)23(28)29/h2,5,7,11,15,17-19H,3-4,6,8-10,12-14H2,1H3,(H,28,29)/t15?,17-,18?,19?/m0/s1. The van der Waals surface area contributed by atoms with Crippen molar-refractivity contribution in [1.82, 2.24) is 4.90 Å². The van der Waals surface area contributed by atoms with Crippen LogP contribution in [0.25, 0.3) is 0 Å². The quantitative estimate of drug-likeness (QED) is 0.849. The molecule has 6 heteroatoms. The number of carbonyl (C=O) groups is 3. The van der Waals surface area contributed by atoms with Gasteiger partial charge < -0.3 is 14.9 Å². The Labute approximate surface area is 171 Å². The maximum atomic E-state index is 13.6. The van der Waals surface area contributed by atoms with E-state index in [0.29, 0.717) is 25.8 Å². The summed E-state index contributed by atoms with van der Waals surface area (Å²) in [6.07, 6.45) is 5.53. The molecule has 0 aromatic heterocycles. The minimum absolute atomic E-state index is 0.0193. The van der Waals surface area contributed by atoms with Gasteiger partial charge in [-0.15, -0.1) is 0 Å². The number of rotatable bonds is 3. The van der Waals surface area contributed by atoms with E-state index in [1.807, 2.05) is 23.1 Å². The summed E-state index contributed by atoms with van der Waals surface area (Å²) >= 11 is 0. The molecule has 1 aromatic carbocycles. The van der Waals surface area contributed by atoms with Crippen molar-refractivity contribution in [2.75, 3.05) is 18.0 Å². The van der Waals surface area contributed by atoms with Gasteiger partial charge in [-0.25, -0.2) is 0 Å². The highest BCUT2D eigenvalue weighted by molar-refractivity contribution is 6.00. The molecule has 29 heavy (non-hydrogen) atoms. The molecule has 1 N–H and O–H groups in total.